The molecule has 9 heteroatoms. The van der Waals surface area contributed by atoms with Gasteiger partial charge in [0.05, 0.1) is 22.2 Å². The van der Waals surface area contributed by atoms with Gasteiger partial charge >= 0.3 is 6.03 Å². The topological polar surface area (TPSA) is 110 Å². The summed E-state index contributed by atoms with van der Waals surface area (Å²) < 4.78 is 5.28. The van der Waals surface area contributed by atoms with E-state index in [0.29, 0.717) is 27.7 Å². The maximum atomic E-state index is 12.4. The molecule has 3 aromatic rings. The summed E-state index contributed by atoms with van der Waals surface area (Å²) in [7, 11) is 0. The van der Waals surface area contributed by atoms with Crippen molar-refractivity contribution in [3.05, 3.63) is 69.8 Å². The summed E-state index contributed by atoms with van der Waals surface area (Å²) in [6, 6.07) is 12.6. The smallest absolute Gasteiger partial charge is 0.316 e. The molecular formula is C18H14Cl2N4O3. The van der Waals surface area contributed by atoms with Gasteiger partial charge in [0.15, 0.2) is 5.76 Å². The highest BCUT2D eigenvalue weighted by atomic mass is 35.5. The van der Waals surface area contributed by atoms with Gasteiger partial charge in [0.2, 0.25) is 0 Å². The molecule has 0 aliphatic heterocycles. The molecule has 0 fully saturated rings. The Morgan fingerprint density at radius 1 is 1.07 bits per heavy atom. The highest BCUT2D eigenvalue weighted by molar-refractivity contribution is 6.34. The van der Waals surface area contributed by atoms with Crippen molar-refractivity contribution in [1.29, 1.82) is 0 Å². The zero-order valence-corrected chi connectivity index (χ0v) is 15.3. The van der Waals surface area contributed by atoms with Gasteiger partial charge < -0.3 is 20.9 Å². The Bertz CT molecular complexity index is 1000. The number of primary amides is 1. The van der Waals surface area contributed by atoms with Crippen molar-refractivity contribution < 1.29 is 14.1 Å². The number of nitrogens with two attached hydrogens (primary N) is 1. The highest BCUT2D eigenvalue weighted by Gasteiger charge is 2.14. The fourth-order valence-corrected chi connectivity index (χ4v) is 2.80. The average Bonchev–Trinajstić information content (AvgIpc) is 3.10. The van der Waals surface area contributed by atoms with Crippen molar-refractivity contribution in [1.82, 2.24) is 10.5 Å². The predicted octanol–water partition coefficient (Wildman–Crippen LogP) is 4.07. The summed E-state index contributed by atoms with van der Waals surface area (Å²) in [6.07, 6.45) is 0. The van der Waals surface area contributed by atoms with E-state index in [0.717, 1.165) is 0 Å². The summed E-state index contributed by atoms with van der Waals surface area (Å²) in [4.78, 5) is 23.3. The summed E-state index contributed by atoms with van der Waals surface area (Å²) in [6.45, 7) is 0.122. The molecule has 138 valence electrons. The van der Waals surface area contributed by atoms with Crippen molar-refractivity contribution in [3.8, 4) is 11.3 Å². The van der Waals surface area contributed by atoms with Gasteiger partial charge in [-0.2, -0.15) is 0 Å². The number of halogens is 2. The molecule has 3 amide bonds. The van der Waals surface area contributed by atoms with Gasteiger partial charge in [-0.1, -0.05) is 40.5 Å². The van der Waals surface area contributed by atoms with Crippen LogP contribution < -0.4 is 16.4 Å². The molecule has 0 radical (unpaired) electrons. The first-order chi connectivity index (χ1) is 12.9. The van der Waals surface area contributed by atoms with Gasteiger partial charge in [0.1, 0.15) is 5.69 Å². The molecule has 27 heavy (non-hydrogen) atoms. The molecule has 2 aromatic carbocycles. The van der Waals surface area contributed by atoms with Crippen molar-refractivity contribution in [2.45, 2.75) is 6.54 Å². The number of carbonyl (C=O) groups is 2. The first-order valence-corrected chi connectivity index (χ1v) is 8.54. The van der Waals surface area contributed by atoms with E-state index in [1.54, 1.807) is 12.1 Å². The maximum Gasteiger partial charge on any atom is 0.316 e. The fraction of sp³-hybridized carbons (Fsp3) is 0.0556. The molecule has 3 rings (SSSR count). The minimum absolute atomic E-state index is 0.122. The van der Waals surface area contributed by atoms with Crippen LogP contribution in [0.3, 0.4) is 0 Å². The Hall–Kier alpha value is -3.03. The standard InChI is InChI=1S/C18H14Cl2N4O3/c19-14-4-2-1-3-12(14)16-8-11(24-27-16)9-22-17(25)13-7-10(23-18(21)26)5-6-15(13)20/h1-8H,9H2,(H,22,25)(H3,21,23,26). The third-order valence-corrected chi connectivity index (χ3v) is 4.27. The van der Waals surface area contributed by atoms with Crippen molar-refractivity contribution in [2.75, 3.05) is 5.32 Å². The molecule has 0 spiro atoms. The van der Waals surface area contributed by atoms with Gasteiger partial charge in [-0.05, 0) is 30.3 Å². The molecule has 1 aromatic heterocycles. The number of anilines is 1. The van der Waals surface area contributed by atoms with Gasteiger partial charge in [-0.25, -0.2) is 4.79 Å². The normalized spacial score (nSPS) is 10.4. The van der Waals surface area contributed by atoms with Crippen LogP contribution in [-0.2, 0) is 6.54 Å². The molecule has 0 aliphatic carbocycles. The third kappa shape index (κ3) is 4.58. The summed E-state index contributed by atoms with van der Waals surface area (Å²) in [5, 5.41) is 9.78. The second-order valence-corrected chi connectivity index (χ2v) is 6.34. The number of nitrogens with zero attached hydrogens (tertiary/aromatic N) is 1. The molecule has 0 bridgehead atoms. The molecule has 0 atom stereocenters. The minimum Gasteiger partial charge on any atom is -0.356 e. The summed E-state index contributed by atoms with van der Waals surface area (Å²) in [5.74, 6) is 0.0611. The number of amides is 3. The number of rotatable bonds is 5. The second kappa shape index (κ2) is 8.11. The first-order valence-electron chi connectivity index (χ1n) is 7.79. The summed E-state index contributed by atoms with van der Waals surface area (Å²) in [5.41, 5.74) is 6.85. The Morgan fingerprint density at radius 3 is 2.59 bits per heavy atom. The number of benzene rings is 2. The Kier molecular flexibility index (Phi) is 5.63. The van der Waals surface area contributed by atoms with Crippen molar-refractivity contribution in [2.24, 2.45) is 5.73 Å². The van der Waals surface area contributed by atoms with E-state index in [2.05, 4.69) is 15.8 Å². The Morgan fingerprint density at radius 2 is 1.85 bits per heavy atom. The molecule has 1 heterocycles. The first kappa shape index (κ1) is 18.8. The molecular weight excluding hydrogens is 391 g/mol. The molecule has 0 saturated heterocycles. The summed E-state index contributed by atoms with van der Waals surface area (Å²) >= 11 is 12.2. The van der Waals surface area contributed by atoms with E-state index < -0.39 is 11.9 Å². The lowest BCUT2D eigenvalue weighted by Gasteiger charge is -2.08. The third-order valence-electron chi connectivity index (χ3n) is 3.61. The number of hydrogen-bond donors (Lipinski definition) is 3. The zero-order valence-electron chi connectivity index (χ0n) is 13.8. The van der Waals surface area contributed by atoms with E-state index in [4.69, 9.17) is 33.5 Å². The fourth-order valence-electron chi connectivity index (χ4n) is 2.37. The van der Waals surface area contributed by atoms with E-state index in [1.807, 2.05) is 18.2 Å². The quantitative estimate of drug-likeness (QED) is 0.594. The van der Waals surface area contributed by atoms with Crippen LogP contribution in [-0.4, -0.2) is 17.1 Å². The number of carbonyl (C=O) groups excluding carboxylic acids is 2. The molecule has 0 saturated carbocycles. The monoisotopic (exact) mass is 404 g/mol. The molecule has 7 nitrogen and oxygen atoms in total. The number of aromatic nitrogens is 1. The van der Waals surface area contributed by atoms with E-state index in [-0.39, 0.29) is 17.1 Å². The maximum absolute atomic E-state index is 12.4. The second-order valence-electron chi connectivity index (χ2n) is 5.53. The lowest BCUT2D eigenvalue weighted by atomic mass is 10.1. The van der Waals surface area contributed by atoms with Crippen LogP contribution in [0.2, 0.25) is 10.0 Å². The lowest BCUT2D eigenvalue weighted by Crippen LogP contribution is -2.24. The van der Waals surface area contributed by atoms with Crippen molar-refractivity contribution in [3.63, 3.8) is 0 Å². The average molecular weight is 405 g/mol. The number of urea groups is 1. The van der Waals surface area contributed by atoms with E-state index in [1.165, 1.54) is 18.2 Å². The number of nitrogens with one attached hydrogen (secondary N) is 2. The number of hydrogen-bond acceptors (Lipinski definition) is 4. The zero-order chi connectivity index (χ0) is 19.4. The Balaban J connectivity index is 1.70. The van der Waals surface area contributed by atoms with Crippen molar-refractivity contribution >= 4 is 40.8 Å². The van der Waals surface area contributed by atoms with Gasteiger partial charge in [-0.15, -0.1) is 0 Å². The molecule has 4 N–H and O–H groups in total. The predicted molar refractivity (Wildman–Crippen MR) is 103 cm³/mol. The molecule has 0 aliphatic rings. The Labute approximate surface area is 164 Å². The highest BCUT2D eigenvalue weighted by Crippen LogP contribution is 2.28. The van der Waals surface area contributed by atoms with E-state index in [9.17, 15) is 9.59 Å². The van der Waals surface area contributed by atoms with Crippen LogP contribution in [0.25, 0.3) is 11.3 Å². The van der Waals surface area contributed by atoms with E-state index >= 15 is 0 Å². The van der Waals surface area contributed by atoms with Crippen LogP contribution in [0.4, 0.5) is 10.5 Å². The SMILES string of the molecule is NC(=O)Nc1ccc(Cl)c(C(=O)NCc2cc(-c3ccccc3Cl)on2)c1. The van der Waals surface area contributed by atoms with Crippen LogP contribution >= 0.6 is 23.2 Å². The van der Waals surface area contributed by atoms with Crippen LogP contribution in [0.15, 0.2) is 53.1 Å². The molecule has 0 unspecified atom stereocenters. The van der Waals surface area contributed by atoms with Crippen LogP contribution in [0, 0.1) is 0 Å². The van der Waals surface area contributed by atoms with Gasteiger partial charge in [0.25, 0.3) is 5.91 Å². The van der Waals surface area contributed by atoms with Crippen LogP contribution in [0.1, 0.15) is 16.1 Å². The van der Waals surface area contributed by atoms with Crippen LogP contribution in [0.5, 0.6) is 0 Å². The van der Waals surface area contributed by atoms with Gasteiger partial charge in [0, 0.05) is 17.3 Å². The lowest BCUT2D eigenvalue weighted by molar-refractivity contribution is 0.0950. The minimum atomic E-state index is -0.738. The largest absolute Gasteiger partial charge is 0.356 e. The van der Waals surface area contributed by atoms with Gasteiger partial charge in [-0.3, -0.25) is 4.79 Å².